The Kier molecular flexibility index (Phi) is 5.05. The number of imidazole rings is 1. The Labute approximate surface area is 166 Å². The van der Waals surface area contributed by atoms with Crippen LogP contribution in [-0.2, 0) is 7.05 Å². The monoisotopic (exact) mass is 407 g/mol. The highest BCUT2D eigenvalue weighted by Crippen LogP contribution is 2.35. The summed E-state index contributed by atoms with van der Waals surface area (Å²) in [4.78, 5) is 19.2. The molecular weight excluding hydrogens is 389 g/mol. The molecule has 0 amide bonds. The van der Waals surface area contributed by atoms with E-state index in [1.165, 1.54) is 0 Å². The molecule has 1 fully saturated rings. The third-order valence-electron chi connectivity index (χ3n) is 4.94. The van der Waals surface area contributed by atoms with E-state index in [9.17, 15) is 3.89 Å². The van der Waals surface area contributed by atoms with E-state index in [-0.39, 0.29) is 23.7 Å². The number of nitrogens with zero attached hydrogens (tertiary/aromatic N) is 7. The van der Waals surface area contributed by atoms with Crippen LogP contribution in [0, 0.1) is 0 Å². The van der Waals surface area contributed by atoms with Gasteiger partial charge in [-0.2, -0.15) is 0 Å². The van der Waals surface area contributed by atoms with Gasteiger partial charge in [0.15, 0.2) is 18.0 Å². The van der Waals surface area contributed by atoms with Gasteiger partial charge in [0.25, 0.3) is 0 Å². The van der Waals surface area contributed by atoms with Crippen molar-refractivity contribution in [3.05, 3.63) is 29.8 Å². The number of anilines is 3. The Morgan fingerprint density at radius 1 is 1.26 bits per heavy atom. The second kappa shape index (κ2) is 7.47. The first-order valence-corrected chi connectivity index (χ1v) is 9.76. The predicted molar refractivity (Wildman–Crippen MR) is 107 cm³/mol. The maximum atomic E-state index is 13.7. The van der Waals surface area contributed by atoms with Crippen LogP contribution in [-0.4, -0.2) is 37.6 Å². The van der Waals surface area contributed by atoms with Crippen LogP contribution in [0.25, 0.3) is 11.2 Å². The Morgan fingerprint density at radius 2 is 2.04 bits per heavy atom. The van der Waals surface area contributed by atoms with E-state index in [0.717, 1.165) is 31.4 Å². The van der Waals surface area contributed by atoms with Crippen molar-refractivity contribution in [2.45, 2.75) is 31.7 Å². The Balaban J connectivity index is 1.70. The molecule has 0 unspecified atom stereocenters. The van der Waals surface area contributed by atoms with Crippen LogP contribution in [0.5, 0.6) is 0 Å². The smallest absolute Gasteiger partial charge is 0.224 e. The summed E-state index contributed by atoms with van der Waals surface area (Å²) in [7, 11) is 3.73. The second-order valence-electron chi connectivity index (χ2n) is 6.58. The summed E-state index contributed by atoms with van der Waals surface area (Å²) >= 11 is 6.12. The molecular formula is C17H19ClFN7S. The number of fused-ring (bicyclic) bond motifs is 1. The van der Waals surface area contributed by atoms with Gasteiger partial charge in [0.1, 0.15) is 11.3 Å². The Hall–Kier alpha value is -2.13. The molecule has 3 aromatic heterocycles. The number of hydrogen-bond donors (Lipinski definition) is 0. The second-order valence-corrected chi connectivity index (χ2v) is 7.45. The maximum Gasteiger partial charge on any atom is 0.224 e. The summed E-state index contributed by atoms with van der Waals surface area (Å²) in [5, 5.41) is 0.181. The van der Waals surface area contributed by atoms with Crippen LogP contribution in [0.1, 0.15) is 25.7 Å². The van der Waals surface area contributed by atoms with Gasteiger partial charge in [0.05, 0.1) is 11.9 Å². The topological polar surface area (TPSA) is 63.0 Å². The van der Waals surface area contributed by atoms with E-state index in [2.05, 4.69) is 19.9 Å². The number of hydrogen-bond acceptors (Lipinski definition) is 7. The maximum absolute atomic E-state index is 13.7. The van der Waals surface area contributed by atoms with Gasteiger partial charge in [-0.25, -0.2) is 19.9 Å². The Bertz CT molecular complexity index is 960. The van der Waals surface area contributed by atoms with E-state index in [1.54, 1.807) is 22.8 Å². The lowest BCUT2D eigenvalue weighted by Gasteiger charge is -2.24. The molecule has 27 heavy (non-hydrogen) atoms. The van der Waals surface area contributed by atoms with Crippen LogP contribution in [0.2, 0.25) is 5.28 Å². The molecule has 0 atom stereocenters. The molecule has 1 saturated carbocycles. The molecule has 0 spiro atoms. The molecule has 0 N–H and O–H groups in total. The summed E-state index contributed by atoms with van der Waals surface area (Å²) in [6.45, 7) is 0. The van der Waals surface area contributed by atoms with Gasteiger partial charge < -0.3 is 4.90 Å². The van der Waals surface area contributed by atoms with Gasteiger partial charge in [-0.05, 0) is 36.6 Å². The number of pyridine rings is 1. The molecule has 3 aromatic rings. The largest absolute Gasteiger partial charge is 0.328 e. The first-order chi connectivity index (χ1) is 13.1. The lowest BCUT2D eigenvalue weighted by atomic mass is 10.2. The summed E-state index contributed by atoms with van der Waals surface area (Å²) in [6, 6.07) is 3.85. The number of rotatable bonds is 5. The highest BCUT2D eigenvalue weighted by Gasteiger charge is 2.28. The van der Waals surface area contributed by atoms with Gasteiger partial charge in [-0.3, -0.25) is 8.87 Å². The lowest BCUT2D eigenvalue weighted by Crippen LogP contribution is -2.27. The molecule has 1 aliphatic rings. The van der Waals surface area contributed by atoms with Gasteiger partial charge in [0, 0.05) is 26.3 Å². The molecule has 4 rings (SSSR count). The van der Waals surface area contributed by atoms with Crippen molar-refractivity contribution in [1.82, 2.24) is 24.5 Å². The Morgan fingerprint density at radius 3 is 2.74 bits per heavy atom. The van der Waals surface area contributed by atoms with E-state index in [0.29, 0.717) is 22.9 Å². The summed E-state index contributed by atoms with van der Waals surface area (Å²) in [5.74, 6) is 1.24. The fourth-order valence-corrected chi connectivity index (χ4v) is 4.16. The average molecular weight is 408 g/mol. The minimum absolute atomic E-state index is 0.167. The van der Waals surface area contributed by atoms with Crippen LogP contribution in [0.3, 0.4) is 0 Å². The summed E-state index contributed by atoms with van der Waals surface area (Å²) < 4.78 is 17.2. The highest BCUT2D eigenvalue weighted by atomic mass is 35.5. The minimum atomic E-state index is 0.167. The summed E-state index contributed by atoms with van der Waals surface area (Å²) in [5.41, 5.74) is 2.22. The lowest BCUT2D eigenvalue weighted by molar-refractivity contribution is 0.677. The zero-order valence-corrected chi connectivity index (χ0v) is 16.6. The van der Waals surface area contributed by atoms with Crippen molar-refractivity contribution in [2.75, 3.05) is 16.3 Å². The summed E-state index contributed by atoms with van der Waals surface area (Å²) in [6.07, 6.45) is 7.56. The van der Waals surface area contributed by atoms with Gasteiger partial charge in [-0.15, -0.1) is 3.89 Å². The fourth-order valence-electron chi connectivity index (χ4n) is 3.47. The third kappa shape index (κ3) is 3.41. The van der Waals surface area contributed by atoms with Crippen molar-refractivity contribution < 1.29 is 3.89 Å². The van der Waals surface area contributed by atoms with Gasteiger partial charge in [0.2, 0.25) is 11.2 Å². The normalized spacial score (nSPS) is 14.8. The standard InChI is InChI=1S/C17H19ClFN7S/c1-24(14-7-8-20-16(18)23-14)12-9-13-15(21-10-12)25(2)17(22-13)26(27-19)11-5-3-4-6-11/h7-11H,3-6H2,1-2H3. The van der Waals surface area contributed by atoms with E-state index in [4.69, 9.17) is 11.6 Å². The highest BCUT2D eigenvalue weighted by molar-refractivity contribution is 7.95. The zero-order valence-electron chi connectivity index (χ0n) is 15.0. The number of aryl methyl sites for hydroxylation is 1. The molecule has 142 valence electrons. The fraction of sp³-hybridized carbons (Fsp3) is 0.412. The molecule has 1 aliphatic carbocycles. The van der Waals surface area contributed by atoms with E-state index >= 15 is 0 Å². The molecule has 10 heteroatoms. The first kappa shape index (κ1) is 18.2. The molecule has 0 bridgehead atoms. The van der Waals surface area contributed by atoms with Crippen LogP contribution >= 0.6 is 23.9 Å². The van der Waals surface area contributed by atoms with Crippen LogP contribution in [0.4, 0.5) is 21.3 Å². The van der Waals surface area contributed by atoms with Crippen molar-refractivity contribution >= 4 is 52.6 Å². The van der Waals surface area contributed by atoms with Gasteiger partial charge >= 0.3 is 0 Å². The van der Waals surface area contributed by atoms with E-state index < -0.39 is 0 Å². The minimum Gasteiger partial charge on any atom is -0.328 e. The molecule has 3 heterocycles. The zero-order chi connectivity index (χ0) is 19.0. The molecule has 0 aromatic carbocycles. The molecule has 0 aliphatic heterocycles. The van der Waals surface area contributed by atoms with E-state index in [1.807, 2.05) is 29.6 Å². The number of aromatic nitrogens is 5. The van der Waals surface area contributed by atoms with Crippen molar-refractivity contribution in [3.63, 3.8) is 0 Å². The van der Waals surface area contributed by atoms with Crippen molar-refractivity contribution in [1.29, 1.82) is 0 Å². The quantitative estimate of drug-likeness (QED) is 0.457. The SMILES string of the molecule is CN(c1cnc2c(c1)nc(N(SF)C1CCCC1)n2C)c1ccnc(Cl)n1. The van der Waals surface area contributed by atoms with Crippen molar-refractivity contribution in [3.8, 4) is 0 Å². The molecule has 7 nitrogen and oxygen atoms in total. The van der Waals surface area contributed by atoms with Crippen LogP contribution in [0.15, 0.2) is 24.5 Å². The first-order valence-electron chi connectivity index (χ1n) is 8.71. The molecule has 0 radical (unpaired) electrons. The van der Waals surface area contributed by atoms with Crippen molar-refractivity contribution in [2.24, 2.45) is 7.05 Å². The third-order valence-corrected chi connectivity index (χ3v) is 5.73. The average Bonchev–Trinajstić information content (AvgIpc) is 3.31. The van der Waals surface area contributed by atoms with Crippen LogP contribution < -0.4 is 9.21 Å². The van der Waals surface area contributed by atoms with Gasteiger partial charge in [-0.1, -0.05) is 12.8 Å². The number of halogens is 2. The molecule has 0 saturated heterocycles. The predicted octanol–water partition coefficient (Wildman–Crippen LogP) is 4.46.